The number of oxime groups is 1. The van der Waals surface area contributed by atoms with E-state index in [1.165, 1.54) is 58.8 Å². The first-order chi connectivity index (χ1) is 19.6. The van der Waals surface area contributed by atoms with Gasteiger partial charge in [-0.3, -0.25) is 14.5 Å². The summed E-state index contributed by atoms with van der Waals surface area (Å²) in [6.45, 7) is 2.77. The van der Waals surface area contributed by atoms with Crippen LogP contribution >= 0.6 is 0 Å². The second-order valence-corrected chi connectivity index (χ2v) is 13.2. The summed E-state index contributed by atoms with van der Waals surface area (Å²) < 4.78 is 1.76. The Labute approximate surface area is 239 Å². The van der Waals surface area contributed by atoms with E-state index in [9.17, 15) is 19.5 Å². The number of carbonyl (C=O) groups is 2. The molecule has 0 radical (unpaired) electrons. The lowest BCUT2D eigenvalue weighted by molar-refractivity contribution is -0.140. The minimum absolute atomic E-state index is 0.0817. The molecular weight excluding hydrogens is 522 g/mol. The molecule has 3 heterocycles. The van der Waals surface area contributed by atoms with Crippen LogP contribution in [0.4, 0.5) is 0 Å². The minimum Gasteiger partial charge on any atom is -0.476 e. The molecule has 4 fully saturated rings. The van der Waals surface area contributed by atoms with E-state index in [-0.39, 0.29) is 11.7 Å². The number of rotatable bonds is 7. The zero-order valence-corrected chi connectivity index (χ0v) is 24.0. The van der Waals surface area contributed by atoms with Crippen molar-refractivity contribution < 1.29 is 19.5 Å². The molecule has 2 aliphatic heterocycles. The molecule has 2 aromatic rings. The smallest absolute Gasteiger partial charge is 0.360 e. The number of aliphatic carboxylic acids is 1. The number of fused-ring (bicyclic) bond motifs is 5. The highest BCUT2D eigenvalue weighted by Crippen LogP contribution is 2.47. The average Bonchev–Trinajstić information content (AvgIpc) is 2.92. The number of nitrogens with two attached hydrogens (primary N) is 1. The van der Waals surface area contributed by atoms with Gasteiger partial charge in [-0.15, -0.1) is 0 Å². The zero-order chi connectivity index (χ0) is 28.9. The van der Waals surface area contributed by atoms with E-state index in [4.69, 9.17) is 10.6 Å². The van der Waals surface area contributed by atoms with Crippen molar-refractivity contribution >= 4 is 28.6 Å². The van der Waals surface area contributed by atoms with Gasteiger partial charge in [0.25, 0.3) is 11.5 Å². The maximum absolute atomic E-state index is 14.1. The molecule has 2 saturated heterocycles. The largest absolute Gasteiger partial charge is 0.476 e. The number of piperidine rings is 2. The second kappa shape index (κ2) is 10.9. The fourth-order valence-electron chi connectivity index (χ4n) is 8.19. The molecule has 2 aliphatic carbocycles. The third kappa shape index (κ3) is 5.27. The Bertz CT molecular complexity index is 1410. The van der Waals surface area contributed by atoms with Gasteiger partial charge in [-0.25, -0.2) is 9.78 Å². The van der Waals surface area contributed by atoms with Gasteiger partial charge < -0.3 is 20.2 Å². The fraction of sp³-hybridized carbons (Fsp3) is 0.645. The fourth-order valence-corrected chi connectivity index (χ4v) is 8.19. The number of hydrogen-bond acceptors (Lipinski definition) is 7. The summed E-state index contributed by atoms with van der Waals surface area (Å²) in [5, 5.41) is 13.7. The van der Waals surface area contributed by atoms with Crippen LogP contribution in [0.15, 0.2) is 34.2 Å². The number of primary amides is 1. The predicted molar refractivity (Wildman–Crippen MR) is 155 cm³/mol. The van der Waals surface area contributed by atoms with Gasteiger partial charge >= 0.3 is 5.97 Å². The molecule has 6 rings (SSSR count). The van der Waals surface area contributed by atoms with Crippen LogP contribution in [0.5, 0.6) is 0 Å². The van der Waals surface area contributed by atoms with Crippen LogP contribution in [-0.2, 0) is 14.4 Å². The molecule has 4 bridgehead atoms. The normalized spacial score (nSPS) is 30.6. The first-order valence-electron chi connectivity index (χ1n) is 15.2. The van der Waals surface area contributed by atoms with Crippen LogP contribution in [0.25, 0.3) is 11.0 Å². The highest BCUT2D eigenvalue weighted by molar-refractivity contribution is 6.41. The number of benzene rings is 1. The average molecular weight is 564 g/mol. The van der Waals surface area contributed by atoms with Gasteiger partial charge in [0.15, 0.2) is 5.69 Å². The summed E-state index contributed by atoms with van der Waals surface area (Å²) in [5.74, 6) is -0.562. The molecule has 3 N–H and O–H groups in total. The number of carboxylic acids is 1. The molecule has 10 heteroatoms. The Balaban J connectivity index is 1.37. The van der Waals surface area contributed by atoms with E-state index in [0.29, 0.717) is 29.2 Å². The van der Waals surface area contributed by atoms with Gasteiger partial charge in [-0.1, -0.05) is 43.0 Å². The number of carbonyl (C=O) groups excluding carboxylic acids is 1. The minimum atomic E-state index is -1.56. The van der Waals surface area contributed by atoms with E-state index >= 15 is 0 Å². The Hall–Kier alpha value is -3.27. The van der Waals surface area contributed by atoms with Crippen molar-refractivity contribution in [3.63, 3.8) is 0 Å². The number of hydrogen-bond donors (Lipinski definition) is 2. The summed E-state index contributed by atoms with van der Waals surface area (Å²) in [6.07, 6.45) is 13.3. The summed E-state index contributed by atoms with van der Waals surface area (Å²) in [4.78, 5) is 50.7. The molecule has 0 spiro atoms. The summed E-state index contributed by atoms with van der Waals surface area (Å²) in [7, 11) is 0. The van der Waals surface area contributed by atoms with Crippen molar-refractivity contribution in [1.29, 1.82) is 0 Å². The van der Waals surface area contributed by atoms with Crippen molar-refractivity contribution in [2.24, 2.45) is 22.7 Å². The Morgan fingerprint density at radius 3 is 2.22 bits per heavy atom. The highest BCUT2D eigenvalue weighted by atomic mass is 16.7. The van der Waals surface area contributed by atoms with Gasteiger partial charge in [0.1, 0.15) is 0 Å². The van der Waals surface area contributed by atoms with E-state index in [1.807, 2.05) is 18.2 Å². The molecule has 1 aromatic carbocycles. The van der Waals surface area contributed by atoms with Gasteiger partial charge in [-0.05, 0) is 82.8 Å². The van der Waals surface area contributed by atoms with E-state index in [1.54, 1.807) is 10.6 Å². The molecule has 220 valence electrons. The zero-order valence-electron chi connectivity index (χ0n) is 24.0. The standard InChI is InChI=1S/C31H41N5O5/c1-31(2,30(32)40)41-34-27(29(38)39)26-28(37)36(25-12-4-3-11-24(25)33-26)23-16-20-9-6-10-21(17-23)35(20)22-14-18-7-5-8-19(13-18)15-22/h3-4,11-12,18-23H,5-10,13-17H2,1-2H3,(H2,32,40)(H,38,39)/t18?,19?,20-,21+,22?,23?. The molecule has 4 aliphatic rings. The molecule has 3 unspecified atom stereocenters. The van der Waals surface area contributed by atoms with Gasteiger partial charge in [0.05, 0.1) is 11.0 Å². The molecular formula is C31H41N5O5. The van der Waals surface area contributed by atoms with Crippen LogP contribution in [0.2, 0.25) is 0 Å². The Kier molecular flexibility index (Phi) is 7.38. The number of aromatic nitrogens is 2. The van der Waals surface area contributed by atoms with Crippen LogP contribution in [0.1, 0.15) is 96.2 Å². The number of para-hydroxylation sites is 2. The summed E-state index contributed by atoms with van der Waals surface area (Å²) >= 11 is 0. The molecule has 2 saturated carbocycles. The maximum Gasteiger partial charge on any atom is 0.360 e. The van der Waals surface area contributed by atoms with Crippen LogP contribution in [0, 0.1) is 11.8 Å². The van der Waals surface area contributed by atoms with E-state index in [0.717, 1.165) is 37.5 Å². The summed E-state index contributed by atoms with van der Waals surface area (Å²) in [6, 6.07) is 8.71. The van der Waals surface area contributed by atoms with Crippen molar-refractivity contribution in [3.05, 3.63) is 40.3 Å². The Morgan fingerprint density at radius 2 is 1.59 bits per heavy atom. The van der Waals surface area contributed by atoms with Gasteiger partial charge in [0, 0.05) is 24.2 Å². The summed E-state index contributed by atoms with van der Waals surface area (Å²) in [5.41, 5.74) is 3.56. The SMILES string of the molecule is CC(C)(ON=C(C(=O)O)c1nc2ccccc2n(C2C[C@H]3CCC[C@@H](C2)N3C2CC3CCCC(C3)C2)c1=O)C(N)=O. The first kappa shape index (κ1) is 27.9. The molecule has 5 atom stereocenters. The third-order valence-electron chi connectivity index (χ3n) is 10.1. The van der Waals surface area contributed by atoms with Crippen molar-refractivity contribution in [2.45, 2.75) is 114 Å². The van der Waals surface area contributed by atoms with Gasteiger partial charge in [0.2, 0.25) is 11.3 Å². The number of nitrogens with zero attached hydrogens (tertiary/aromatic N) is 4. The van der Waals surface area contributed by atoms with Gasteiger partial charge in [-0.2, -0.15) is 0 Å². The third-order valence-corrected chi connectivity index (χ3v) is 10.1. The lowest BCUT2D eigenvalue weighted by atomic mass is 9.68. The number of carboxylic acid groups (broad SMARTS) is 1. The van der Waals surface area contributed by atoms with Crippen LogP contribution < -0.4 is 11.3 Å². The molecule has 1 amide bonds. The predicted octanol–water partition coefficient (Wildman–Crippen LogP) is 3.99. The van der Waals surface area contributed by atoms with Crippen molar-refractivity contribution in [1.82, 2.24) is 14.5 Å². The molecule has 1 aromatic heterocycles. The monoisotopic (exact) mass is 563 g/mol. The van der Waals surface area contributed by atoms with E-state index in [2.05, 4.69) is 15.0 Å². The quantitative estimate of drug-likeness (QED) is 0.383. The van der Waals surface area contributed by atoms with Crippen molar-refractivity contribution in [2.75, 3.05) is 0 Å². The highest BCUT2D eigenvalue weighted by Gasteiger charge is 2.45. The lowest BCUT2D eigenvalue weighted by Crippen LogP contribution is -2.58. The Morgan fingerprint density at radius 1 is 0.951 bits per heavy atom. The number of amides is 1. The maximum atomic E-state index is 14.1. The van der Waals surface area contributed by atoms with E-state index < -0.39 is 28.7 Å². The molecule has 41 heavy (non-hydrogen) atoms. The molecule has 10 nitrogen and oxygen atoms in total. The second-order valence-electron chi connectivity index (χ2n) is 13.2. The topological polar surface area (TPSA) is 140 Å². The van der Waals surface area contributed by atoms with Crippen molar-refractivity contribution in [3.8, 4) is 0 Å². The first-order valence-corrected chi connectivity index (χ1v) is 15.2. The van der Waals surface area contributed by atoms with Crippen LogP contribution in [0.3, 0.4) is 0 Å². The van der Waals surface area contributed by atoms with Crippen LogP contribution in [-0.4, -0.2) is 60.9 Å². The lowest BCUT2D eigenvalue weighted by Gasteiger charge is -2.55.